The van der Waals surface area contributed by atoms with Crippen LogP contribution in [0.25, 0.3) is 0 Å². The SMILES string of the molecule is N#CC(C(=O)Nc1ccccc1)C(=O)C1=CN(c2ccccc2)c2ccccc2CC1. The van der Waals surface area contributed by atoms with Crippen molar-refractivity contribution < 1.29 is 9.59 Å². The molecular weight excluding hydrogens is 386 g/mol. The number of rotatable bonds is 5. The quantitative estimate of drug-likeness (QED) is 0.604. The van der Waals surface area contributed by atoms with Crippen LogP contribution in [0.15, 0.2) is 96.7 Å². The first-order chi connectivity index (χ1) is 15.2. The Labute approximate surface area is 181 Å². The second-order valence-corrected chi connectivity index (χ2v) is 7.27. The average Bonchev–Trinajstić information content (AvgIpc) is 3.01. The molecule has 0 saturated carbocycles. The Hall–Kier alpha value is -4.17. The lowest BCUT2D eigenvalue weighted by Crippen LogP contribution is -2.30. The third-order valence-electron chi connectivity index (χ3n) is 5.25. The minimum absolute atomic E-state index is 0.454. The number of hydrogen-bond acceptors (Lipinski definition) is 4. The van der Waals surface area contributed by atoms with E-state index in [-0.39, 0.29) is 0 Å². The fourth-order valence-electron chi connectivity index (χ4n) is 3.66. The molecule has 5 heteroatoms. The van der Waals surface area contributed by atoms with E-state index in [4.69, 9.17) is 0 Å². The maximum absolute atomic E-state index is 13.3. The molecule has 0 fully saturated rings. The highest BCUT2D eigenvalue weighted by atomic mass is 16.2. The third kappa shape index (κ3) is 4.39. The number of nitrogens with zero attached hydrogens (tertiary/aromatic N) is 2. The molecule has 1 N–H and O–H groups in total. The largest absolute Gasteiger partial charge is 0.325 e. The van der Waals surface area contributed by atoms with E-state index < -0.39 is 17.6 Å². The Bertz CT molecular complexity index is 1160. The van der Waals surface area contributed by atoms with Crippen LogP contribution in [0.2, 0.25) is 0 Å². The van der Waals surface area contributed by atoms with Gasteiger partial charge >= 0.3 is 0 Å². The van der Waals surface area contributed by atoms with Gasteiger partial charge in [-0.3, -0.25) is 9.59 Å². The number of amides is 1. The number of para-hydroxylation sites is 3. The fourth-order valence-corrected chi connectivity index (χ4v) is 3.66. The van der Waals surface area contributed by atoms with Gasteiger partial charge < -0.3 is 10.2 Å². The van der Waals surface area contributed by atoms with Crippen LogP contribution in [-0.2, 0) is 16.0 Å². The summed E-state index contributed by atoms with van der Waals surface area (Å²) in [6.45, 7) is 0. The number of nitriles is 1. The molecule has 0 spiro atoms. The molecule has 0 saturated heterocycles. The molecule has 0 bridgehead atoms. The second kappa shape index (κ2) is 9.10. The molecule has 4 rings (SSSR count). The van der Waals surface area contributed by atoms with Crippen molar-refractivity contribution in [2.24, 2.45) is 5.92 Å². The highest BCUT2D eigenvalue weighted by Gasteiger charge is 2.31. The summed E-state index contributed by atoms with van der Waals surface area (Å²) in [4.78, 5) is 27.9. The number of aryl methyl sites for hydroxylation is 1. The van der Waals surface area contributed by atoms with Gasteiger partial charge in [0.05, 0.1) is 6.07 Å². The highest BCUT2D eigenvalue weighted by molar-refractivity contribution is 6.15. The molecule has 3 aromatic carbocycles. The first-order valence-electron chi connectivity index (χ1n) is 10.1. The Balaban J connectivity index is 1.66. The molecule has 1 amide bonds. The van der Waals surface area contributed by atoms with Crippen LogP contribution >= 0.6 is 0 Å². The number of Topliss-reactive ketones (excluding diaryl/α,β-unsaturated/α-hetero) is 1. The summed E-state index contributed by atoms with van der Waals surface area (Å²) in [5.41, 5.74) is 4.00. The summed E-state index contributed by atoms with van der Waals surface area (Å²) in [5, 5.41) is 12.3. The number of carbonyl (C=O) groups is 2. The summed E-state index contributed by atoms with van der Waals surface area (Å²) in [7, 11) is 0. The van der Waals surface area contributed by atoms with Gasteiger partial charge in [-0.2, -0.15) is 5.26 Å². The molecule has 1 heterocycles. The molecule has 5 nitrogen and oxygen atoms in total. The van der Waals surface area contributed by atoms with Crippen molar-refractivity contribution in [2.45, 2.75) is 12.8 Å². The summed E-state index contributed by atoms with van der Waals surface area (Å²) in [6.07, 6.45) is 2.87. The smallest absolute Gasteiger partial charge is 0.249 e. The predicted molar refractivity (Wildman–Crippen MR) is 121 cm³/mol. The Kier molecular flexibility index (Phi) is 5.91. The molecule has 1 unspecified atom stereocenters. The van der Waals surface area contributed by atoms with Crippen molar-refractivity contribution in [3.05, 3.63) is 102 Å². The zero-order valence-electron chi connectivity index (χ0n) is 16.9. The van der Waals surface area contributed by atoms with Crippen LogP contribution in [0.3, 0.4) is 0 Å². The van der Waals surface area contributed by atoms with E-state index in [0.717, 1.165) is 16.9 Å². The molecular formula is C26H21N3O2. The number of benzene rings is 3. The number of anilines is 3. The lowest BCUT2D eigenvalue weighted by Gasteiger charge is -2.22. The van der Waals surface area contributed by atoms with Crippen LogP contribution in [0, 0.1) is 17.2 Å². The first kappa shape index (κ1) is 20.1. The standard InChI is InChI=1S/C26H21N3O2/c27-17-23(26(31)28-21-10-3-1-4-11-21)25(30)20-16-15-19-9-7-8-14-24(19)29(18-20)22-12-5-2-6-13-22/h1-14,18,23H,15-16H2,(H,28,31). The highest BCUT2D eigenvalue weighted by Crippen LogP contribution is 2.34. The van der Waals surface area contributed by atoms with Gasteiger partial charge in [0.15, 0.2) is 11.7 Å². The Morgan fingerprint density at radius 2 is 1.52 bits per heavy atom. The molecule has 152 valence electrons. The van der Waals surface area contributed by atoms with Gasteiger partial charge in [-0.15, -0.1) is 0 Å². The maximum Gasteiger partial charge on any atom is 0.249 e. The van der Waals surface area contributed by atoms with Crippen molar-refractivity contribution in [2.75, 3.05) is 10.2 Å². The lowest BCUT2D eigenvalue weighted by molar-refractivity contribution is -0.126. The number of allylic oxidation sites excluding steroid dienone is 1. The Morgan fingerprint density at radius 3 is 2.23 bits per heavy atom. The molecule has 0 aliphatic carbocycles. The molecule has 1 aliphatic heterocycles. The zero-order valence-corrected chi connectivity index (χ0v) is 16.9. The van der Waals surface area contributed by atoms with Crippen molar-refractivity contribution in [1.29, 1.82) is 5.26 Å². The number of ketones is 1. The van der Waals surface area contributed by atoms with E-state index in [9.17, 15) is 14.9 Å². The molecule has 0 aromatic heterocycles. The van der Waals surface area contributed by atoms with Gasteiger partial charge in [-0.1, -0.05) is 54.6 Å². The van der Waals surface area contributed by atoms with Gasteiger partial charge in [0.25, 0.3) is 0 Å². The average molecular weight is 407 g/mol. The van der Waals surface area contributed by atoms with E-state index in [2.05, 4.69) is 5.32 Å². The topological polar surface area (TPSA) is 73.2 Å². The molecule has 1 aliphatic rings. The van der Waals surface area contributed by atoms with Crippen LogP contribution < -0.4 is 10.2 Å². The van der Waals surface area contributed by atoms with Crippen molar-refractivity contribution in [3.8, 4) is 6.07 Å². The van der Waals surface area contributed by atoms with E-state index in [1.165, 1.54) is 0 Å². The minimum atomic E-state index is -1.41. The van der Waals surface area contributed by atoms with E-state index in [0.29, 0.717) is 24.1 Å². The van der Waals surface area contributed by atoms with Gasteiger partial charge in [0.1, 0.15) is 0 Å². The van der Waals surface area contributed by atoms with Crippen LogP contribution in [0.4, 0.5) is 17.1 Å². The second-order valence-electron chi connectivity index (χ2n) is 7.27. The predicted octanol–water partition coefficient (Wildman–Crippen LogP) is 5.00. The molecule has 31 heavy (non-hydrogen) atoms. The number of carbonyl (C=O) groups excluding carboxylic acids is 2. The van der Waals surface area contributed by atoms with Crippen LogP contribution in [0.5, 0.6) is 0 Å². The van der Waals surface area contributed by atoms with Gasteiger partial charge in [0, 0.05) is 28.8 Å². The van der Waals surface area contributed by atoms with Crippen LogP contribution in [-0.4, -0.2) is 11.7 Å². The minimum Gasteiger partial charge on any atom is -0.325 e. The van der Waals surface area contributed by atoms with Gasteiger partial charge in [0.2, 0.25) is 5.91 Å². The number of nitrogens with one attached hydrogen (secondary N) is 1. The molecule has 0 radical (unpaired) electrons. The van der Waals surface area contributed by atoms with Gasteiger partial charge in [-0.25, -0.2) is 0 Å². The molecule has 3 aromatic rings. The van der Waals surface area contributed by atoms with E-state index in [1.54, 1.807) is 30.5 Å². The fraction of sp³-hybridized carbons (Fsp3) is 0.115. The summed E-state index contributed by atoms with van der Waals surface area (Å²) < 4.78 is 0. The van der Waals surface area contributed by atoms with Gasteiger partial charge in [-0.05, 0) is 48.7 Å². The monoisotopic (exact) mass is 407 g/mol. The van der Waals surface area contributed by atoms with Crippen molar-refractivity contribution in [1.82, 2.24) is 0 Å². The van der Waals surface area contributed by atoms with Crippen molar-refractivity contribution in [3.63, 3.8) is 0 Å². The van der Waals surface area contributed by atoms with Crippen molar-refractivity contribution >= 4 is 28.8 Å². The summed E-state index contributed by atoms with van der Waals surface area (Å²) in [5.74, 6) is -2.50. The Morgan fingerprint density at radius 1 is 0.871 bits per heavy atom. The maximum atomic E-state index is 13.3. The number of fused-ring (bicyclic) bond motifs is 1. The summed E-state index contributed by atoms with van der Waals surface area (Å²) in [6, 6.07) is 28.4. The van der Waals surface area contributed by atoms with E-state index in [1.807, 2.05) is 71.6 Å². The first-order valence-corrected chi connectivity index (χ1v) is 10.1. The normalized spacial score (nSPS) is 13.8. The third-order valence-corrected chi connectivity index (χ3v) is 5.25. The molecule has 1 atom stereocenters. The van der Waals surface area contributed by atoms with Crippen LogP contribution in [0.1, 0.15) is 12.0 Å². The summed E-state index contributed by atoms with van der Waals surface area (Å²) >= 11 is 0. The number of hydrogen-bond donors (Lipinski definition) is 1. The zero-order chi connectivity index (χ0) is 21.6. The lowest BCUT2D eigenvalue weighted by atomic mass is 9.94. The van der Waals surface area contributed by atoms with E-state index >= 15 is 0 Å².